The molecule has 250 valence electrons. The Morgan fingerprint density at radius 3 is 2.30 bits per heavy atom. The molecule has 1 aromatic heterocycles. The van der Waals surface area contributed by atoms with Gasteiger partial charge in [0.2, 0.25) is 11.8 Å². The minimum absolute atomic E-state index is 0. The van der Waals surface area contributed by atoms with Gasteiger partial charge in [0.15, 0.2) is 0 Å². The second-order valence-corrected chi connectivity index (χ2v) is 12.8. The zero-order valence-corrected chi connectivity index (χ0v) is 28.2. The third-order valence-corrected chi connectivity index (χ3v) is 8.97. The number of halogens is 1. The molecule has 1 aliphatic rings. The van der Waals surface area contributed by atoms with Gasteiger partial charge in [0.1, 0.15) is 6.04 Å². The summed E-state index contributed by atoms with van der Waals surface area (Å²) in [6.45, 7) is 6.47. The van der Waals surface area contributed by atoms with Crippen molar-refractivity contribution in [3.05, 3.63) is 87.8 Å². The van der Waals surface area contributed by atoms with Crippen LogP contribution in [0.15, 0.2) is 65.5 Å². The average Bonchev–Trinajstić information content (AvgIpc) is 3.32. The van der Waals surface area contributed by atoms with Gasteiger partial charge < -0.3 is 26.7 Å². The molecular weight excluding hydrogens is 616 g/mol. The van der Waals surface area contributed by atoms with Crippen molar-refractivity contribution in [1.29, 1.82) is 0 Å². The van der Waals surface area contributed by atoms with E-state index in [1.165, 1.54) is 4.57 Å². The number of amides is 3. The number of fused-ring (bicyclic) bond motifs is 1. The van der Waals surface area contributed by atoms with E-state index in [1.807, 2.05) is 63.2 Å². The number of aromatic nitrogens is 2. The Bertz CT molecular complexity index is 1790. The number of H-pyrrole nitrogens is 1. The predicted molar refractivity (Wildman–Crippen MR) is 189 cm³/mol. The monoisotopic (exact) mass is 660 g/mol. The number of nitrogens with two attached hydrogens (primary N) is 1. The molecule has 0 spiro atoms. The fourth-order valence-electron chi connectivity index (χ4n) is 6.23. The van der Waals surface area contributed by atoms with Gasteiger partial charge in [-0.3, -0.25) is 19.0 Å². The van der Waals surface area contributed by atoms with Crippen molar-refractivity contribution in [2.45, 2.75) is 65.0 Å². The van der Waals surface area contributed by atoms with Crippen LogP contribution < -0.4 is 27.4 Å². The van der Waals surface area contributed by atoms with Gasteiger partial charge in [-0.15, -0.1) is 12.4 Å². The molecule has 0 radical (unpaired) electrons. The molecule has 10 nitrogen and oxygen atoms in total. The van der Waals surface area contributed by atoms with Gasteiger partial charge in [-0.25, -0.2) is 4.79 Å². The first kappa shape index (κ1) is 35.4. The Balaban J connectivity index is 0.00000500. The van der Waals surface area contributed by atoms with Crippen LogP contribution in [0.1, 0.15) is 61.0 Å². The number of nitrogens with zero attached hydrogens (tertiary/aromatic N) is 1. The van der Waals surface area contributed by atoms with E-state index in [0.717, 1.165) is 53.5 Å². The van der Waals surface area contributed by atoms with Crippen molar-refractivity contribution in [2.24, 2.45) is 24.6 Å². The molecule has 1 fully saturated rings. The summed E-state index contributed by atoms with van der Waals surface area (Å²) in [5.74, 6) is -0.266. The van der Waals surface area contributed by atoms with Gasteiger partial charge in [0.25, 0.3) is 5.91 Å². The number of anilines is 1. The molecule has 4 aromatic rings. The highest BCUT2D eigenvalue weighted by molar-refractivity contribution is 5.99. The minimum atomic E-state index is -0.809. The summed E-state index contributed by atoms with van der Waals surface area (Å²) in [5.41, 5.74) is 12.0. The minimum Gasteiger partial charge on any atom is -0.350 e. The van der Waals surface area contributed by atoms with E-state index in [0.29, 0.717) is 35.7 Å². The van der Waals surface area contributed by atoms with E-state index in [2.05, 4.69) is 20.9 Å². The molecule has 1 aliphatic carbocycles. The largest absolute Gasteiger partial charge is 0.350 e. The maximum Gasteiger partial charge on any atom is 0.326 e. The van der Waals surface area contributed by atoms with Gasteiger partial charge >= 0.3 is 5.69 Å². The molecule has 3 amide bonds. The lowest BCUT2D eigenvalue weighted by molar-refractivity contribution is -0.130. The van der Waals surface area contributed by atoms with Crippen molar-refractivity contribution in [2.75, 3.05) is 11.9 Å². The zero-order valence-electron chi connectivity index (χ0n) is 27.4. The molecule has 47 heavy (non-hydrogen) atoms. The van der Waals surface area contributed by atoms with Crippen molar-refractivity contribution in [3.63, 3.8) is 0 Å². The topological polar surface area (TPSA) is 151 Å². The normalized spacial score (nSPS) is 16.7. The Morgan fingerprint density at radius 1 is 0.957 bits per heavy atom. The number of aryl methyl sites for hydroxylation is 2. The van der Waals surface area contributed by atoms with Crippen molar-refractivity contribution >= 4 is 46.8 Å². The average molecular weight is 661 g/mol. The maximum atomic E-state index is 13.7. The van der Waals surface area contributed by atoms with Crippen LogP contribution in [0.5, 0.6) is 0 Å². The fourth-order valence-corrected chi connectivity index (χ4v) is 6.23. The van der Waals surface area contributed by atoms with Crippen LogP contribution in [-0.4, -0.2) is 45.9 Å². The van der Waals surface area contributed by atoms with Crippen LogP contribution >= 0.6 is 12.4 Å². The smallest absolute Gasteiger partial charge is 0.326 e. The Kier molecular flexibility index (Phi) is 11.7. The lowest BCUT2D eigenvalue weighted by atomic mass is 9.81. The fraction of sp³-hybridized carbons (Fsp3) is 0.389. The number of imidazole rings is 1. The molecule has 0 unspecified atom stereocenters. The van der Waals surface area contributed by atoms with E-state index in [4.69, 9.17) is 5.73 Å². The second-order valence-electron chi connectivity index (χ2n) is 12.8. The van der Waals surface area contributed by atoms with Crippen LogP contribution in [0.25, 0.3) is 22.2 Å². The molecule has 0 aliphatic heterocycles. The Hall–Kier alpha value is -4.41. The highest BCUT2D eigenvalue weighted by Gasteiger charge is 2.29. The van der Waals surface area contributed by atoms with Gasteiger partial charge in [0.05, 0.1) is 11.0 Å². The summed E-state index contributed by atoms with van der Waals surface area (Å²) in [5, 5.41) is 8.91. The summed E-state index contributed by atoms with van der Waals surface area (Å²) in [6.07, 6.45) is 3.63. The summed E-state index contributed by atoms with van der Waals surface area (Å²) in [6, 6.07) is 18.1. The second kappa shape index (κ2) is 15.5. The number of aromatic amines is 1. The van der Waals surface area contributed by atoms with Crippen LogP contribution in [0, 0.1) is 18.8 Å². The first-order valence-electron chi connectivity index (χ1n) is 16.0. The van der Waals surface area contributed by atoms with Crippen molar-refractivity contribution in [1.82, 2.24) is 20.2 Å². The van der Waals surface area contributed by atoms with Gasteiger partial charge in [-0.2, -0.15) is 0 Å². The maximum absolute atomic E-state index is 13.7. The van der Waals surface area contributed by atoms with E-state index >= 15 is 0 Å². The SMILES string of the molecule is Cc1cc(C(=O)NC(C)C)ccc1-c1ccc(C[C@H](NC(=O)[C@H]2CC[C@H](CN)CC2)C(=O)Nc2ccc3c(c2)[nH]c(=O)n3C)cc1.Cl. The van der Waals surface area contributed by atoms with E-state index in [9.17, 15) is 19.2 Å². The third kappa shape index (κ3) is 8.50. The number of hydrogen-bond donors (Lipinski definition) is 5. The molecule has 0 bridgehead atoms. The Labute approximate surface area is 281 Å². The molecule has 6 N–H and O–H groups in total. The van der Waals surface area contributed by atoms with Crippen LogP contribution in [0.2, 0.25) is 0 Å². The highest BCUT2D eigenvalue weighted by Crippen LogP contribution is 2.29. The lowest BCUT2D eigenvalue weighted by Crippen LogP contribution is -2.48. The predicted octanol–water partition coefficient (Wildman–Crippen LogP) is 4.83. The number of nitrogens with one attached hydrogen (secondary N) is 4. The third-order valence-electron chi connectivity index (χ3n) is 8.97. The first-order valence-corrected chi connectivity index (χ1v) is 16.0. The Morgan fingerprint density at radius 2 is 1.66 bits per heavy atom. The van der Waals surface area contributed by atoms with Crippen LogP contribution in [-0.2, 0) is 23.1 Å². The molecule has 3 aromatic carbocycles. The summed E-state index contributed by atoms with van der Waals surface area (Å²) < 4.78 is 1.51. The molecule has 1 saturated carbocycles. The van der Waals surface area contributed by atoms with E-state index in [1.54, 1.807) is 25.2 Å². The molecule has 5 rings (SSSR count). The number of rotatable bonds is 10. The van der Waals surface area contributed by atoms with Gasteiger partial charge in [-0.05, 0) is 112 Å². The van der Waals surface area contributed by atoms with E-state index < -0.39 is 6.04 Å². The first-order chi connectivity index (χ1) is 22.0. The summed E-state index contributed by atoms with van der Waals surface area (Å²) in [7, 11) is 1.68. The van der Waals surface area contributed by atoms with Crippen LogP contribution in [0.3, 0.4) is 0 Å². The number of carbonyl (C=O) groups is 3. The molecular formula is C36H45ClN6O4. The zero-order chi connectivity index (χ0) is 33.0. The lowest BCUT2D eigenvalue weighted by Gasteiger charge is -2.28. The number of carbonyl (C=O) groups excluding carboxylic acids is 3. The molecule has 1 atom stereocenters. The standard InChI is InChI=1S/C36H44N6O4.ClH/c1-21(2)38-34(44)27-13-15-29(22(3)17-27)25-9-5-23(6-10-25)18-31(40-33(43)26-11-7-24(20-37)8-12-26)35(45)39-28-14-16-32-30(19-28)41-36(46)42(32)4;/h5-6,9-10,13-17,19,21,24,26,31H,7-8,11-12,18,20,37H2,1-4H3,(H,38,44)(H,39,45)(H,40,43)(H,41,46);1H/t24-,26-,31-;/m0./s1. The van der Waals surface area contributed by atoms with Gasteiger partial charge in [0, 0.05) is 36.7 Å². The molecule has 11 heteroatoms. The highest BCUT2D eigenvalue weighted by atomic mass is 35.5. The van der Waals surface area contributed by atoms with Gasteiger partial charge in [-0.1, -0.05) is 30.3 Å². The summed E-state index contributed by atoms with van der Waals surface area (Å²) in [4.78, 5) is 54.4. The van der Waals surface area contributed by atoms with Crippen molar-refractivity contribution < 1.29 is 14.4 Å². The number of hydrogen-bond acceptors (Lipinski definition) is 5. The molecule has 0 saturated heterocycles. The van der Waals surface area contributed by atoms with E-state index in [-0.39, 0.29) is 47.8 Å². The number of benzene rings is 3. The van der Waals surface area contributed by atoms with Crippen molar-refractivity contribution in [3.8, 4) is 11.1 Å². The van der Waals surface area contributed by atoms with Crippen LogP contribution in [0.4, 0.5) is 5.69 Å². The molecule has 1 heterocycles. The summed E-state index contributed by atoms with van der Waals surface area (Å²) >= 11 is 0. The quantitative estimate of drug-likeness (QED) is 0.165.